The number of hydrogen-bond donors (Lipinski definition) is 0. The van der Waals surface area contributed by atoms with Crippen LogP contribution in [0, 0.1) is 0 Å². The van der Waals surface area contributed by atoms with E-state index in [9.17, 15) is 8.42 Å². The zero-order chi connectivity index (χ0) is 23.1. The molecule has 0 bridgehead atoms. The van der Waals surface area contributed by atoms with E-state index in [0.717, 1.165) is 54.9 Å². The average molecular weight is 600 g/mol. The van der Waals surface area contributed by atoms with Crippen molar-refractivity contribution in [1.82, 2.24) is 0 Å². The normalized spacial score (nSPS) is 11.6. The first-order valence-corrected chi connectivity index (χ1v) is 14.4. The van der Waals surface area contributed by atoms with E-state index in [2.05, 4.69) is 13.8 Å². The maximum atomic E-state index is 13.2. The zero-order valence-electron chi connectivity index (χ0n) is 23.1. The Hall–Kier alpha value is 0.181. The summed E-state index contributed by atoms with van der Waals surface area (Å²) >= 11 is 0. The third kappa shape index (κ3) is 11.6. The van der Waals surface area contributed by atoms with Gasteiger partial charge in [0.05, 0.1) is 6.61 Å². The molecule has 0 amide bonds. The smallest absolute Gasteiger partial charge is 1.00 e. The summed E-state index contributed by atoms with van der Waals surface area (Å²) in [7, 11) is -3.77. The van der Waals surface area contributed by atoms with E-state index < -0.39 is 10.1 Å². The maximum absolute atomic E-state index is 13.2. The zero-order valence-corrected chi connectivity index (χ0v) is 26.4. The van der Waals surface area contributed by atoms with Crippen molar-refractivity contribution in [3.05, 3.63) is 42.0 Å². The quantitative estimate of drug-likeness (QED) is 0.0981. The summed E-state index contributed by atoms with van der Waals surface area (Å²) in [5.74, 6) is 0. The van der Waals surface area contributed by atoms with Crippen molar-refractivity contribution in [2.24, 2.45) is 0 Å². The summed E-state index contributed by atoms with van der Waals surface area (Å²) in [6.07, 6.45) is 17.3. The van der Waals surface area contributed by atoms with Gasteiger partial charge in [-0.05, 0) is 30.2 Å². The fourth-order valence-electron chi connectivity index (χ4n) is 4.34. The van der Waals surface area contributed by atoms with E-state index in [1.807, 2.05) is 36.4 Å². The van der Waals surface area contributed by atoms with E-state index in [1.165, 1.54) is 57.8 Å². The van der Waals surface area contributed by atoms with Gasteiger partial charge in [0.2, 0.25) is 0 Å². The Morgan fingerprint density at radius 2 is 1.24 bits per heavy atom. The average Bonchev–Trinajstić information content (AvgIpc) is 2.79. The summed E-state index contributed by atoms with van der Waals surface area (Å²) in [5.41, 5.74) is 0.900. The molecule has 0 saturated heterocycles. The van der Waals surface area contributed by atoms with E-state index in [1.54, 1.807) is 0 Å². The molecule has 2 rings (SSSR count). The molecule has 0 aromatic heterocycles. The predicted molar refractivity (Wildman–Crippen MR) is 145 cm³/mol. The number of aryl methyl sites for hydroxylation is 1. The van der Waals surface area contributed by atoms with Crippen LogP contribution in [0.25, 0.3) is 10.8 Å². The molecule has 0 heterocycles. The first-order chi connectivity index (χ1) is 15.6. The number of benzene rings is 2. The molecule has 0 unspecified atom stereocenters. The van der Waals surface area contributed by atoms with Crippen LogP contribution in [-0.4, -0.2) is 63.9 Å². The van der Waals surface area contributed by atoms with Gasteiger partial charge in [-0.2, -0.15) is 8.42 Å². The maximum Gasteiger partial charge on any atom is 2.00 e. The molecule has 0 saturated carbocycles. The van der Waals surface area contributed by atoms with E-state index in [-0.39, 0.29) is 58.3 Å². The molecule has 184 valence electrons. The molecule has 2 aromatic rings. The summed E-state index contributed by atoms with van der Waals surface area (Å²) in [5, 5.41) is 1.74. The van der Waals surface area contributed by atoms with Crippen LogP contribution in [0.1, 0.15) is 112 Å². The van der Waals surface area contributed by atoms with Gasteiger partial charge >= 0.3 is 48.9 Å². The van der Waals surface area contributed by atoms with E-state index in [0.29, 0.717) is 4.90 Å². The molecular weight excluding hydrogens is 554 g/mol. The number of rotatable bonds is 18. The summed E-state index contributed by atoms with van der Waals surface area (Å²) < 4.78 is 32.0. The van der Waals surface area contributed by atoms with Crippen LogP contribution < -0.4 is 0 Å². The van der Waals surface area contributed by atoms with Crippen molar-refractivity contribution in [1.29, 1.82) is 0 Å². The summed E-state index contributed by atoms with van der Waals surface area (Å²) in [6, 6.07) is 11.8. The molecule has 0 atom stereocenters. The standard InChI is InChI=1S/C28H44O3S.Ba.2H/c1-3-5-7-9-11-13-15-20-26-23-22-25-19-16-17-21-27(25)28(26)32(29,30)31-24-18-14-12-10-8-6-4-2;;;/h16-17,19,21-23H,3-15,18,20,24H2,1-2H3;;;/q;+2;2*-1. The summed E-state index contributed by atoms with van der Waals surface area (Å²) in [6.45, 7) is 4.72. The predicted octanol–water partition coefficient (Wildman–Crippen LogP) is 8.43. The van der Waals surface area contributed by atoms with Gasteiger partial charge in [0, 0.05) is 5.39 Å². The third-order valence-electron chi connectivity index (χ3n) is 6.25. The van der Waals surface area contributed by atoms with Crippen molar-refractivity contribution >= 4 is 69.8 Å². The molecule has 0 spiro atoms. The van der Waals surface area contributed by atoms with Gasteiger partial charge in [0.15, 0.2) is 0 Å². The van der Waals surface area contributed by atoms with Crippen LogP contribution in [-0.2, 0) is 20.7 Å². The third-order valence-corrected chi connectivity index (χ3v) is 7.71. The molecule has 0 aliphatic heterocycles. The van der Waals surface area contributed by atoms with E-state index >= 15 is 0 Å². The number of fused-ring (bicyclic) bond motifs is 1. The second-order valence-electron chi connectivity index (χ2n) is 9.04. The van der Waals surface area contributed by atoms with Crippen molar-refractivity contribution in [2.75, 3.05) is 6.61 Å². The first kappa shape index (κ1) is 31.2. The Bertz CT molecular complexity index is 891. The molecule has 3 nitrogen and oxygen atoms in total. The molecule has 0 radical (unpaired) electrons. The SMILES string of the molecule is CCCCCCCCCOS(=O)(=O)c1c(CCCCCCCCC)ccc2ccccc12.[Ba+2].[H-].[H-]. The van der Waals surface area contributed by atoms with Crippen molar-refractivity contribution in [3.8, 4) is 0 Å². The Labute approximate surface area is 246 Å². The van der Waals surface area contributed by atoms with Crippen molar-refractivity contribution in [2.45, 2.75) is 115 Å². The molecule has 0 N–H and O–H groups in total. The fraction of sp³-hybridized carbons (Fsp3) is 0.643. The van der Waals surface area contributed by atoms with Gasteiger partial charge in [-0.15, -0.1) is 0 Å². The van der Waals surface area contributed by atoms with Crippen molar-refractivity contribution in [3.63, 3.8) is 0 Å². The van der Waals surface area contributed by atoms with E-state index in [4.69, 9.17) is 4.18 Å². The van der Waals surface area contributed by atoms with Crippen LogP contribution in [0.4, 0.5) is 0 Å². The fourth-order valence-corrected chi connectivity index (χ4v) is 5.74. The van der Waals surface area contributed by atoms with Crippen LogP contribution in [0.3, 0.4) is 0 Å². The largest absolute Gasteiger partial charge is 2.00 e. The first-order valence-electron chi connectivity index (χ1n) is 13.0. The van der Waals surface area contributed by atoms with Crippen molar-refractivity contribution < 1.29 is 15.5 Å². The Morgan fingerprint density at radius 1 is 0.697 bits per heavy atom. The van der Waals surface area contributed by atoms with Crippen LogP contribution in [0.2, 0.25) is 0 Å². The van der Waals surface area contributed by atoms with Gasteiger partial charge in [0.1, 0.15) is 4.90 Å². The Kier molecular flexibility index (Phi) is 17.5. The minimum absolute atomic E-state index is 0. The van der Waals surface area contributed by atoms with Gasteiger partial charge in [-0.1, -0.05) is 127 Å². The molecule has 5 heteroatoms. The second-order valence-corrected chi connectivity index (χ2v) is 10.6. The minimum Gasteiger partial charge on any atom is -1.00 e. The second kappa shape index (κ2) is 18.4. The molecule has 0 aliphatic rings. The Balaban J connectivity index is 0. The van der Waals surface area contributed by atoms with Crippen LogP contribution >= 0.6 is 0 Å². The molecular formula is C28H46BaO3S. The molecule has 0 aliphatic carbocycles. The van der Waals surface area contributed by atoms with Gasteiger partial charge in [0.25, 0.3) is 10.1 Å². The summed E-state index contributed by atoms with van der Waals surface area (Å²) in [4.78, 5) is 0.393. The minimum atomic E-state index is -3.77. The monoisotopic (exact) mass is 600 g/mol. The molecule has 33 heavy (non-hydrogen) atoms. The molecule has 0 fully saturated rings. The van der Waals surface area contributed by atoms with Gasteiger partial charge in [-0.3, -0.25) is 4.18 Å². The Morgan fingerprint density at radius 3 is 1.88 bits per heavy atom. The topological polar surface area (TPSA) is 43.4 Å². The van der Waals surface area contributed by atoms with Gasteiger partial charge < -0.3 is 2.85 Å². The van der Waals surface area contributed by atoms with Gasteiger partial charge in [-0.25, -0.2) is 0 Å². The van der Waals surface area contributed by atoms with Crippen LogP contribution in [0.5, 0.6) is 0 Å². The van der Waals surface area contributed by atoms with Crippen LogP contribution in [0.15, 0.2) is 41.3 Å². The molecule has 2 aromatic carbocycles. The number of hydrogen-bond acceptors (Lipinski definition) is 3. The number of unbranched alkanes of at least 4 members (excludes halogenated alkanes) is 12.